The van der Waals surface area contributed by atoms with E-state index in [2.05, 4.69) is 30.2 Å². The van der Waals surface area contributed by atoms with Gasteiger partial charge in [-0.3, -0.25) is 4.79 Å². The van der Waals surface area contributed by atoms with Crippen LogP contribution in [0.15, 0.2) is 61.2 Å². The first kappa shape index (κ1) is 19.0. The van der Waals surface area contributed by atoms with E-state index in [0.717, 1.165) is 29.9 Å². The van der Waals surface area contributed by atoms with E-state index in [0.29, 0.717) is 13.2 Å². The molecule has 1 aliphatic heterocycles. The van der Waals surface area contributed by atoms with Crippen molar-refractivity contribution in [1.82, 2.24) is 0 Å². The second kappa shape index (κ2) is 8.17. The van der Waals surface area contributed by atoms with Crippen molar-refractivity contribution in [2.45, 2.75) is 19.8 Å². The summed E-state index contributed by atoms with van der Waals surface area (Å²) in [5, 5.41) is 9.79. The number of aliphatic carboxylic acids is 1. The van der Waals surface area contributed by atoms with Crippen molar-refractivity contribution in [3.05, 3.63) is 66.8 Å². The minimum absolute atomic E-state index is 0.318. The lowest BCUT2D eigenvalue weighted by Crippen LogP contribution is -2.36. The van der Waals surface area contributed by atoms with Crippen molar-refractivity contribution in [3.8, 4) is 0 Å². The van der Waals surface area contributed by atoms with Crippen LogP contribution in [-0.4, -0.2) is 37.4 Å². The molecule has 25 heavy (non-hydrogen) atoms. The third kappa shape index (κ3) is 4.20. The predicted molar refractivity (Wildman–Crippen MR) is 102 cm³/mol. The first-order valence-electron chi connectivity index (χ1n) is 8.53. The third-order valence-corrected chi connectivity index (χ3v) is 4.73. The van der Waals surface area contributed by atoms with Gasteiger partial charge in [0.2, 0.25) is 0 Å². The number of hydrogen-bond donors (Lipinski definition) is 1. The second-order valence-electron chi connectivity index (χ2n) is 6.76. The number of anilines is 1. The van der Waals surface area contributed by atoms with Crippen molar-refractivity contribution in [1.29, 1.82) is 0 Å². The van der Waals surface area contributed by atoms with E-state index in [1.54, 1.807) is 26.0 Å². The highest BCUT2D eigenvalue weighted by Gasteiger charge is 2.39. The number of rotatable bonds is 7. The fourth-order valence-corrected chi connectivity index (χ4v) is 3.29. The van der Waals surface area contributed by atoms with Crippen LogP contribution in [-0.2, 0) is 9.53 Å². The van der Waals surface area contributed by atoms with E-state index in [-0.39, 0.29) is 5.92 Å². The molecule has 134 valence electrons. The first-order chi connectivity index (χ1) is 11.9. The number of carbonyl (C=O) groups is 1. The molecule has 1 unspecified atom stereocenters. The largest absolute Gasteiger partial charge is 0.481 e. The van der Waals surface area contributed by atoms with Gasteiger partial charge < -0.3 is 14.7 Å². The van der Waals surface area contributed by atoms with Gasteiger partial charge in [0.05, 0.1) is 18.6 Å². The molecule has 0 spiro atoms. The van der Waals surface area contributed by atoms with E-state index in [9.17, 15) is 9.90 Å². The molecule has 1 aromatic rings. The lowest BCUT2D eigenvalue weighted by molar-refractivity contribution is -0.147. The van der Waals surface area contributed by atoms with Crippen LogP contribution in [0.2, 0.25) is 0 Å². The minimum Gasteiger partial charge on any atom is -0.481 e. The molecule has 1 aliphatic rings. The van der Waals surface area contributed by atoms with Gasteiger partial charge in [-0.1, -0.05) is 43.5 Å². The summed E-state index contributed by atoms with van der Waals surface area (Å²) in [6, 6.07) is 8.12. The molecule has 4 nitrogen and oxygen atoms in total. The molecule has 0 aromatic heterocycles. The summed E-state index contributed by atoms with van der Waals surface area (Å²) >= 11 is 0. The molecule has 1 fully saturated rings. The molecule has 0 aliphatic carbocycles. The molecular weight excluding hydrogens is 314 g/mol. The van der Waals surface area contributed by atoms with Crippen LogP contribution in [0.1, 0.15) is 25.3 Å². The van der Waals surface area contributed by atoms with Crippen molar-refractivity contribution in [3.63, 3.8) is 0 Å². The summed E-state index contributed by atoms with van der Waals surface area (Å²) in [7, 11) is 0. The third-order valence-electron chi connectivity index (χ3n) is 4.73. The molecule has 1 atom stereocenters. The first-order valence-corrected chi connectivity index (χ1v) is 8.53. The van der Waals surface area contributed by atoms with Crippen LogP contribution in [0.4, 0.5) is 5.69 Å². The van der Waals surface area contributed by atoms with Crippen LogP contribution in [0.5, 0.6) is 0 Å². The molecule has 1 N–H and O–H groups in total. The zero-order valence-corrected chi connectivity index (χ0v) is 15.1. The van der Waals surface area contributed by atoms with E-state index >= 15 is 0 Å². The molecular formula is C21H27NO3. The van der Waals surface area contributed by atoms with Crippen LogP contribution in [0.25, 0.3) is 0 Å². The van der Waals surface area contributed by atoms with Gasteiger partial charge >= 0.3 is 5.97 Å². The van der Waals surface area contributed by atoms with Crippen LogP contribution >= 0.6 is 0 Å². The Bertz CT molecular complexity index is 669. The quantitative estimate of drug-likeness (QED) is 0.761. The topological polar surface area (TPSA) is 49.8 Å². The number of morpholine rings is 1. The smallest absolute Gasteiger partial charge is 0.310 e. The number of benzene rings is 1. The number of allylic oxidation sites excluding steroid dienone is 4. The maximum Gasteiger partial charge on any atom is 0.310 e. The van der Waals surface area contributed by atoms with E-state index < -0.39 is 11.4 Å². The van der Waals surface area contributed by atoms with Gasteiger partial charge in [0.25, 0.3) is 0 Å². The normalized spacial score (nSPS) is 17.0. The lowest BCUT2D eigenvalue weighted by atomic mass is 9.70. The van der Waals surface area contributed by atoms with Gasteiger partial charge in [0.15, 0.2) is 0 Å². The van der Waals surface area contributed by atoms with E-state index in [4.69, 9.17) is 4.74 Å². The molecule has 0 saturated carbocycles. The van der Waals surface area contributed by atoms with Gasteiger partial charge in [0, 0.05) is 24.7 Å². The van der Waals surface area contributed by atoms with Gasteiger partial charge in [-0.05, 0) is 37.1 Å². The average molecular weight is 341 g/mol. The van der Waals surface area contributed by atoms with Crippen LogP contribution in [0, 0.1) is 5.41 Å². The molecule has 0 amide bonds. The maximum atomic E-state index is 11.9. The zero-order chi connectivity index (χ0) is 18.4. The number of nitrogens with zero attached hydrogens (tertiary/aromatic N) is 1. The molecule has 1 aromatic carbocycles. The van der Waals surface area contributed by atoms with Gasteiger partial charge in [0.1, 0.15) is 0 Å². The summed E-state index contributed by atoms with van der Waals surface area (Å²) in [5.74, 6) is -1.16. The number of carboxylic acid groups (broad SMARTS) is 1. The van der Waals surface area contributed by atoms with Gasteiger partial charge in [-0.15, -0.1) is 0 Å². The standard InChI is InChI=1S/C21H27NO3/c1-5-8-16(6-2)19(21(3,4)20(23)24)17-9-7-10-18(15-17)22-11-13-25-14-12-22/h5-10,15,19H,1-2,11-14H2,3-4H3,(H,23,24)/b16-8+. The maximum absolute atomic E-state index is 11.9. The number of ether oxygens (including phenoxy) is 1. The number of carboxylic acids is 1. The molecule has 1 saturated heterocycles. The average Bonchev–Trinajstić information content (AvgIpc) is 2.62. The second-order valence-corrected chi connectivity index (χ2v) is 6.76. The zero-order valence-electron chi connectivity index (χ0n) is 15.1. The van der Waals surface area contributed by atoms with Crippen molar-refractivity contribution < 1.29 is 14.6 Å². The molecule has 0 bridgehead atoms. The monoisotopic (exact) mass is 341 g/mol. The van der Waals surface area contributed by atoms with Crippen molar-refractivity contribution >= 4 is 11.7 Å². The lowest BCUT2D eigenvalue weighted by Gasteiger charge is -2.34. The Labute approximate surface area is 150 Å². The predicted octanol–water partition coefficient (Wildman–Crippen LogP) is 4.02. The number of hydrogen-bond acceptors (Lipinski definition) is 3. The molecule has 4 heteroatoms. The Kier molecular flexibility index (Phi) is 6.21. The molecule has 0 radical (unpaired) electrons. The summed E-state index contributed by atoms with van der Waals surface area (Å²) in [6.45, 7) is 14.2. The Morgan fingerprint density at radius 2 is 2.00 bits per heavy atom. The fraction of sp³-hybridized carbons (Fsp3) is 0.381. The van der Waals surface area contributed by atoms with Crippen LogP contribution < -0.4 is 4.90 Å². The van der Waals surface area contributed by atoms with Gasteiger partial charge in [-0.2, -0.15) is 0 Å². The summed E-state index contributed by atoms with van der Waals surface area (Å²) < 4.78 is 5.42. The minimum atomic E-state index is -0.979. The van der Waals surface area contributed by atoms with E-state index in [1.165, 1.54) is 0 Å². The SMILES string of the molecule is C=C/C=C(\C=C)C(c1cccc(N2CCOCC2)c1)C(C)(C)C(=O)O. The Balaban J connectivity index is 2.50. The summed E-state index contributed by atoms with van der Waals surface area (Å²) in [4.78, 5) is 14.2. The van der Waals surface area contributed by atoms with Crippen molar-refractivity contribution in [2.24, 2.45) is 5.41 Å². The molecule has 2 rings (SSSR count). The highest BCUT2D eigenvalue weighted by atomic mass is 16.5. The fourth-order valence-electron chi connectivity index (χ4n) is 3.29. The summed E-state index contributed by atoms with van der Waals surface area (Å²) in [6.07, 6.45) is 5.23. The van der Waals surface area contributed by atoms with Gasteiger partial charge in [-0.25, -0.2) is 0 Å². The Morgan fingerprint density at radius 3 is 2.56 bits per heavy atom. The molecule has 1 heterocycles. The summed E-state index contributed by atoms with van der Waals surface area (Å²) in [5.41, 5.74) is 1.92. The Hall–Kier alpha value is -2.33. The van der Waals surface area contributed by atoms with Crippen LogP contribution in [0.3, 0.4) is 0 Å². The highest BCUT2D eigenvalue weighted by Crippen LogP contribution is 2.42. The van der Waals surface area contributed by atoms with E-state index in [1.807, 2.05) is 18.2 Å². The Morgan fingerprint density at radius 1 is 1.32 bits per heavy atom. The highest BCUT2D eigenvalue weighted by molar-refractivity contribution is 5.76. The van der Waals surface area contributed by atoms with Crippen molar-refractivity contribution in [2.75, 3.05) is 31.2 Å².